The molecule has 1 heterocycles. The Labute approximate surface area is 123 Å². The van der Waals surface area contributed by atoms with Crippen LogP contribution < -0.4 is 9.47 Å². The van der Waals surface area contributed by atoms with Gasteiger partial charge >= 0.3 is 0 Å². The van der Waals surface area contributed by atoms with E-state index >= 15 is 0 Å². The summed E-state index contributed by atoms with van der Waals surface area (Å²) in [5.41, 5.74) is 0.785. The van der Waals surface area contributed by atoms with Crippen LogP contribution in [-0.4, -0.2) is 4.98 Å². The molecule has 0 atom stereocenters. The molecule has 0 aliphatic carbocycles. The van der Waals surface area contributed by atoms with Crippen molar-refractivity contribution in [3.63, 3.8) is 0 Å². The Balaban J connectivity index is 1.92. The van der Waals surface area contributed by atoms with Gasteiger partial charge in [0.25, 0.3) is 0 Å². The lowest BCUT2D eigenvalue weighted by Crippen LogP contribution is -1.94. The van der Waals surface area contributed by atoms with Crippen LogP contribution in [0.2, 0.25) is 0 Å². The van der Waals surface area contributed by atoms with E-state index in [1.54, 1.807) is 12.3 Å². The minimum Gasteiger partial charge on any atom is -0.453 e. The fraction of sp³-hybridized carbons (Fsp3) is 0.0556. The van der Waals surface area contributed by atoms with Crippen LogP contribution in [0.1, 0.15) is 5.69 Å². The third-order valence-corrected chi connectivity index (χ3v) is 2.98. The molecule has 0 aliphatic rings. The Morgan fingerprint density at radius 1 is 0.714 bits per heavy atom. The van der Waals surface area contributed by atoms with E-state index in [1.807, 2.05) is 67.6 Å². The van der Waals surface area contributed by atoms with Crippen LogP contribution in [0, 0.1) is 6.92 Å². The lowest BCUT2D eigenvalue weighted by molar-refractivity contribution is 0.414. The second-order valence-corrected chi connectivity index (χ2v) is 4.55. The summed E-state index contributed by atoms with van der Waals surface area (Å²) in [7, 11) is 0. The highest BCUT2D eigenvalue weighted by molar-refractivity contribution is 5.47. The first-order valence-corrected chi connectivity index (χ1v) is 6.74. The van der Waals surface area contributed by atoms with Gasteiger partial charge in [-0.2, -0.15) is 0 Å². The van der Waals surface area contributed by atoms with Crippen molar-refractivity contribution in [3.8, 4) is 23.0 Å². The Hall–Kier alpha value is -2.81. The summed E-state index contributed by atoms with van der Waals surface area (Å²) in [6.07, 6.45) is 1.71. The molecule has 2 aromatic carbocycles. The van der Waals surface area contributed by atoms with Crippen molar-refractivity contribution >= 4 is 0 Å². The van der Waals surface area contributed by atoms with Crippen molar-refractivity contribution in [2.24, 2.45) is 0 Å². The van der Waals surface area contributed by atoms with E-state index in [9.17, 15) is 0 Å². The average Bonchev–Trinajstić information content (AvgIpc) is 2.53. The van der Waals surface area contributed by atoms with Crippen molar-refractivity contribution in [3.05, 3.63) is 78.6 Å². The van der Waals surface area contributed by atoms with E-state index in [4.69, 9.17) is 9.47 Å². The predicted octanol–water partition coefficient (Wildman–Crippen LogP) is 4.97. The van der Waals surface area contributed by atoms with Crippen molar-refractivity contribution in [2.45, 2.75) is 6.92 Å². The molecule has 3 aromatic rings. The van der Waals surface area contributed by atoms with Gasteiger partial charge < -0.3 is 9.47 Å². The fourth-order valence-corrected chi connectivity index (χ4v) is 1.96. The van der Waals surface area contributed by atoms with Gasteiger partial charge in [-0.1, -0.05) is 36.4 Å². The molecule has 0 fully saturated rings. The van der Waals surface area contributed by atoms with Crippen molar-refractivity contribution in [2.75, 3.05) is 0 Å². The van der Waals surface area contributed by atoms with E-state index in [2.05, 4.69) is 4.98 Å². The van der Waals surface area contributed by atoms with Crippen LogP contribution in [0.25, 0.3) is 0 Å². The lowest BCUT2D eigenvalue weighted by Gasteiger charge is -2.13. The molecule has 0 N–H and O–H groups in total. The first kappa shape index (κ1) is 13.2. The molecule has 0 saturated carbocycles. The molecule has 3 heteroatoms. The molecular formula is C18H15NO2. The number of hydrogen-bond donors (Lipinski definition) is 0. The maximum atomic E-state index is 5.92. The highest BCUT2D eigenvalue weighted by Crippen LogP contribution is 2.36. The van der Waals surface area contributed by atoms with Gasteiger partial charge in [-0.25, -0.2) is 0 Å². The first-order chi connectivity index (χ1) is 10.3. The minimum absolute atomic E-state index is 0.632. The SMILES string of the molecule is Cc1nccc(Oc2ccccc2)c1Oc1ccccc1. The molecule has 3 nitrogen and oxygen atoms in total. The maximum absolute atomic E-state index is 5.92. The Morgan fingerprint density at radius 2 is 1.29 bits per heavy atom. The van der Waals surface area contributed by atoms with Gasteiger partial charge in [0, 0.05) is 12.3 Å². The maximum Gasteiger partial charge on any atom is 0.191 e. The van der Waals surface area contributed by atoms with Crippen molar-refractivity contribution in [1.82, 2.24) is 4.98 Å². The van der Waals surface area contributed by atoms with Crippen molar-refractivity contribution in [1.29, 1.82) is 0 Å². The van der Waals surface area contributed by atoms with Gasteiger partial charge in [0.15, 0.2) is 11.5 Å². The van der Waals surface area contributed by atoms with Gasteiger partial charge in [0.2, 0.25) is 0 Å². The third-order valence-electron chi connectivity index (χ3n) is 2.98. The summed E-state index contributed by atoms with van der Waals surface area (Å²) in [6.45, 7) is 1.90. The monoisotopic (exact) mass is 277 g/mol. The van der Waals surface area contributed by atoms with Crippen LogP contribution in [0.15, 0.2) is 72.9 Å². The fourth-order valence-electron chi connectivity index (χ4n) is 1.96. The number of aromatic nitrogens is 1. The van der Waals surface area contributed by atoms with E-state index in [1.165, 1.54) is 0 Å². The van der Waals surface area contributed by atoms with Gasteiger partial charge in [-0.3, -0.25) is 4.98 Å². The summed E-state index contributed by atoms with van der Waals surface area (Å²) in [4.78, 5) is 4.27. The number of pyridine rings is 1. The highest BCUT2D eigenvalue weighted by Gasteiger charge is 2.11. The van der Waals surface area contributed by atoms with Crippen molar-refractivity contribution < 1.29 is 9.47 Å². The second kappa shape index (κ2) is 6.09. The van der Waals surface area contributed by atoms with E-state index in [0.717, 1.165) is 17.2 Å². The molecule has 0 amide bonds. The quantitative estimate of drug-likeness (QED) is 0.674. The zero-order chi connectivity index (χ0) is 14.5. The van der Waals surface area contributed by atoms with Crippen LogP contribution in [0.5, 0.6) is 23.0 Å². The lowest BCUT2D eigenvalue weighted by atomic mass is 10.3. The molecule has 0 radical (unpaired) electrons. The second-order valence-electron chi connectivity index (χ2n) is 4.55. The summed E-state index contributed by atoms with van der Waals surface area (Å²) < 4.78 is 11.8. The molecule has 0 bridgehead atoms. The zero-order valence-corrected chi connectivity index (χ0v) is 11.7. The normalized spacial score (nSPS) is 10.1. The average molecular weight is 277 g/mol. The third kappa shape index (κ3) is 3.20. The van der Waals surface area contributed by atoms with Gasteiger partial charge in [-0.05, 0) is 31.2 Å². The number of para-hydroxylation sites is 2. The van der Waals surface area contributed by atoms with Crippen LogP contribution >= 0.6 is 0 Å². The number of ether oxygens (including phenoxy) is 2. The molecule has 0 unspecified atom stereocenters. The van der Waals surface area contributed by atoms with E-state index < -0.39 is 0 Å². The number of aryl methyl sites for hydroxylation is 1. The molecule has 104 valence electrons. The standard InChI is InChI=1S/C18H15NO2/c1-14-18(21-16-10-6-3-7-11-16)17(12-13-19-14)20-15-8-4-2-5-9-15/h2-13H,1H3. The Kier molecular flexibility index (Phi) is 3.83. The number of hydrogen-bond acceptors (Lipinski definition) is 3. The largest absolute Gasteiger partial charge is 0.453 e. The smallest absolute Gasteiger partial charge is 0.191 e. The number of benzene rings is 2. The van der Waals surface area contributed by atoms with Crippen LogP contribution in [0.3, 0.4) is 0 Å². The summed E-state index contributed by atoms with van der Waals surface area (Å²) in [5, 5.41) is 0. The van der Waals surface area contributed by atoms with E-state index in [-0.39, 0.29) is 0 Å². The molecule has 3 rings (SSSR count). The Bertz CT molecular complexity index is 712. The predicted molar refractivity (Wildman–Crippen MR) is 82.0 cm³/mol. The van der Waals surface area contributed by atoms with Crippen LogP contribution in [0.4, 0.5) is 0 Å². The summed E-state index contributed by atoms with van der Waals surface area (Å²) >= 11 is 0. The van der Waals surface area contributed by atoms with Gasteiger partial charge in [0.1, 0.15) is 11.5 Å². The molecular weight excluding hydrogens is 262 g/mol. The summed E-state index contributed by atoms with van der Waals surface area (Å²) in [5.74, 6) is 2.80. The topological polar surface area (TPSA) is 31.4 Å². The van der Waals surface area contributed by atoms with E-state index in [0.29, 0.717) is 11.5 Å². The minimum atomic E-state index is 0.632. The summed E-state index contributed by atoms with van der Waals surface area (Å²) in [6, 6.07) is 21.0. The van der Waals surface area contributed by atoms with Gasteiger partial charge in [0.05, 0.1) is 5.69 Å². The van der Waals surface area contributed by atoms with Gasteiger partial charge in [-0.15, -0.1) is 0 Å². The number of nitrogens with zero attached hydrogens (tertiary/aromatic N) is 1. The molecule has 0 spiro atoms. The molecule has 0 saturated heterocycles. The number of rotatable bonds is 4. The highest BCUT2D eigenvalue weighted by atomic mass is 16.5. The zero-order valence-electron chi connectivity index (χ0n) is 11.7. The molecule has 0 aliphatic heterocycles. The first-order valence-electron chi connectivity index (χ1n) is 6.74. The van der Waals surface area contributed by atoms with Crippen LogP contribution in [-0.2, 0) is 0 Å². The molecule has 21 heavy (non-hydrogen) atoms. The molecule has 1 aromatic heterocycles. The Morgan fingerprint density at radius 3 is 1.90 bits per heavy atom.